The molecule has 3 nitrogen and oxygen atoms in total. The first-order valence-corrected chi connectivity index (χ1v) is 5.89. The molecular formula is C12H26N2O. The predicted octanol–water partition coefficient (Wildman–Crippen LogP) is 2.77. The molecule has 2 amide bonds. The van der Waals surface area contributed by atoms with Crippen molar-refractivity contribution >= 4 is 6.03 Å². The van der Waals surface area contributed by atoms with E-state index in [0.717, 1.165) is 18.9 Å². The van der Waals surface area contributed by atoms with Gasteiger partial charge in [-0.25, -0.2) is 4.79 Å². The van der Waals surface area contributed by atoms with E-state index in [1.54, 1.807) is 7.05 Å². The van der Waals surface area contributed by atoms with E-state index in [-0.39, 0.29) is 6.03 Å². The van der Waals surface area contributed by atoms with Gasteiger partial charge in [0.05, 0.1) is 0 Å². The molecule has 15 heavy (non-hydrogen) atoms. The van der Waals surface area contributed by atoms with E-state index in [1.165, 1.54) is 12.8 Å². The zero-order chi connectivity index (χ0) is 11.9. The largest absolute Gasteiger partial charge is 0.341 e. The standard InChI is InChI=1S/C12H26N2O/c1-6-12(4,9-10(2)3)7-8-14-11(15)13-5/h10H,6-9H2,1-5H3,(H2,13,14,15). The Bertz CT molecular complexity index is 192. The quantitative estimate of drug-likeness (QED) is 0.701. The van der Waals surface area contributed by atoms with Gasteiger partial charge >= 0.3 is 6.03 Å². The van der Waals surface area contributed by atoms with Gasteiger partial charge in [0.15, 0.2) is 0 Å². The summed E-state index contributed by atoms with van der Waals surface area (Å²) in [7, 11) is 1.64. The number of nitrogens with one attached hydrogen (secondary N) is 2. The average Bonchev–Trinajstić information content (AvgIpc) is 2.16. The lowest BCUT2D eigenvalue weighted by Crippen LogP contribution is -2.35. The van der Waals surface area contributed by atoms with Crippen molar-refractivity contribution in [2.45, 2.75) is 47.0 Å². The van der Waals surface area contributed by atoms with E-state index in [9.17, 15) is 4.79 Å². The molecule has 1 unspecified atom stereocenters. The fraction of sp³-hybridized carbons (Fsp3) is 0.917. The lowest BCUT2D eigenvalue weighted by Gasteiger charge is -2.30. The molecule has 0 heterocycles. The minimum atomic E-state index is -0.0852. The molecule has 0 aromatic heterocycles. The van der Waals surface area contributed by atoms with E-state index in [1.807, 2.05) is 0 Å². The fourth-order valence-corrected chi connectivity index (χ4v) is 1.97. The molecule has 1 atom stereocenters. The van der Waals surface area contributed by atoms with E-state index >= 15 is 0 Å². The first kappa shape index (κ1) is 14.3. The molecule has 90 valence electrons. The number of urea groups is 1. The topological polar surface area (TPSA) is 41.1 Å². The van der Waals surface area contributed by atoms with Crippen LogP contribution < -0.4 is 10.6 Å². The van der Waals surface area contributed by atoms with Crippen molar-refractivity contribution in [3.8, 4) is 0 Å². The van der Waals surface area contributed by atoms with Gasteiger partial charge in [0.1, 0.15) is 0 Å². The predicted molar refractivity (Wildman–Crippen MR) is 64.9 cm³/mol. The van der Waals surface area contributed by atoms with E-state index in [4.69, 9.17) is 0 Å². The minimum Gasteiger partial charge on any atom is -0.341 e. The number of amides is 2. The van der Waals surface area contributed by atoms with Crippen LogP contribution in [0.1, 0.15) is 47.0 Å². The second-order valence-corrected chi connectivity index (χ2v) is 5.02. The SMILES string of the molecule is CCC(C)(CCNC(=O)NC)CC(C)C. The summed E-state index contributed by atoms with van der Waals surface area (Å²) in [4.78, 5) is 11.0. The van der Waals surface area contributed by atoms with Crippen molar-refractivity contribution in [3.63, 3.8) is 0 Å². The molecule has 0 aliphatic carbocycles. The van der Waals surface area contributed by atoms with E-state index in [2.05, 4.69) is 38.3 Å². The summed E-state index contributed by atoms with van der Waals surface area (Å²) in [6, 6.07) is -0.0852. The first-order valence-electron chi connectivity index (χ1n) is 5.89. The lowest BCUT2D eigenvalue weighted by atomic mass is 9.77. The highest BCUT2D eigenvalue weighted by Gasteiger charge is 2.22. The van der Waals surface area contributed by atoms with Crippen LogP contribution in [0, 0.1) is 11.3 Å². The minimum absolute atomic E-state index is 0.0852. The third-order valence-corrected chi connectivity index (χ3v) is 3.00. The Balaban J connectivity index is 3.92. The molecule has 0 bridgehead atoms. The van der Waals surface area contributed by atoms with Crippen LogP contribution in [0.15, 0.2) is 0 Å². The maximum absolute atomic E-state index is 11.0. The Morgan fingerprint density at radius 2 is 2.00 bits per heavy atom. The van der Waals surface area contributed by atoms with Gasteiger partial charge in [0, 0.05) is 13.6 Å². The Kier molecular flexibility index (Phi) is 6.37. The Morgan fingerprint density at radius 3 is 2.40 bits per heavy atom. The summed E-state index contributed by atoms with van der Waals surface area (Å²) in [6.07, 6.45) is 3.44. The van der Waals surface area contributed by atoms with Gasteiger partial charge in [-0.15, -0.1) is 0 Å². The zero-order valence-corrected chi connectivity index (χ0v) is 10.8. The van der Waals surface area contributed by atoms with Crippen molar-refractivity contribution in [1.29, 1.82) is 0 Å². The summed E-state index contributed by atoms with van der Waals surface area (Å²) in [6.45, 7) is 9.79. The fourth-order valence-electron chi connectivity index (χ4n) is 1.97. The van der Waals surface area contributed by atoms with Crippen molar-refractivity contribution in [2.24, 2.45) is 11.3 Å². The van der Waals surface area contributed by atoms with Gasteiger partial charge in [-0.05, 0) is 24.2 Å². The average molecular weight is 214 g/mol. The second-order valence-electron chi connectivity index (χ2n) is 5.02. The van der Waals surface area contributed by atoms with Crippen LogP contribution in [0.4, 0.5) is 4.79 Å². The maximum atomic E-state index is 11.0. The maximum Gasteiger partial charge on any atom is 0.314 e. The summed E-state index contributed by atoms with van der Waals surface area (Å²) in [5, 5.41) is 5.41. The number of hydrogen-bond acceptors (Lipinski definition) is 1. The second kappa shape index (κ2) is 6.70. The highest BCUT2D eigenvalue weighted by molar-refractivity contribution is 5.73. The van der Waals surface area contributed by atoms with Gasteiger partial charge in [0.25, 0.3) is 0 Å². The van der Waals surface area contributed by atoms with Gasteiger partial charge in [0.2, 0.25) is 0 Å². The van der Waals surface area contributed by atoms with E-state index in [0.29, 0.717) is 5.41 Å². The Morgan fingerprint density at radius 1 is 1.40 bits per heavy atom. The smallest absolute Gasteiger partial charge is 0.314 e. The van der Waals surface area contributed by atoms with Crippen molar-refractivity contribution in [1.82, 2.24) is 10.6 Å². The molecule has 0 aliphatic heterocycles. The molecule has 0 aromatic rings. The lowest BCUT2D eigenvalue weighted by molar-refractivity contribution is 0.217. The third-order valence-electron chi connectivity index (χ3n) is 3.00. The Hall–Kier alpha value is -0.730. The van der Waals surface area contributed by atoms with Crippen LogP contribution in [0.3, 0.4) is 0 Å². The summed E-state index contributed by atoms with van der Waals surface area (Å²) < 4.78 is 0. The highest BCUT2D eigenvalue weighted by Crippen LogP contribution is 2.32. The van der Waals surface area contributed by atoms with Crippen LogP contribution in [0.25, 0.3) is 0 Å². The molecule has 0 rings (SSSR count). The van der Waals surface area contributed by atoms with Gasteiger partial charge < -0.3 is 10.6 Å². The van der Waals surface area contributed by atoms with Gasteiger partial charge in [-0.3, -0.25) is 0 Å². The first-order chi connectivity index (χ1) is 6.93. The Labute approximate surface area is 94.0 Å². The molecule has 2 N–H and O–H groups in total. The van der Waals surface area contributed by atoms with Crippen LogP contribution in [0.5, 0.6) is 0 Å². The van der Waals surface area contributed by atoms with Crippen molar-refractivity contribution in [2.75, 3.05) is 13.6 Å². The van der Waals surface area contributed by atoms with Crippen molar-refractivity contribution in [3.05, 3.63) is 0 Å². The third kappa shape index (κ3) is 6.37. The molecule has 0 radical (unpaired) electrons. The molecule has 0 saturated heterocycles. The molecule has 3 heteroatoms. The summed E-state index contributed by atoms with van der Waals surface area (Å²) in [5.41, 5.74) is 0.356. The normalized spacial score (nSPS) is 14.8. The van der Waals surface area contributed by atoms with Crippen LogP contribution in [-0.2, 0) is 0 Å². The molecule has 0 saturated carbocycles. The van der Waals surface area contributed by atoms with Crippen LogP contribution >= 0.6 is 0 Å². The molecule has 0 aromatic carbocycles. The van der Waals surface area contributed by atoms with Crippen LogP contribution in [0.2, 0.25) is 0 Å². The van der Waals surface area contributed by atoms with Crippen LogP contribution in [-0.4, -0.2) is 19.6 Å². The van der Waals surface area contributed by atoms with Gasteiger partial charge in [-0.2, -0.15) is 0 Å². The number of carbonyl (C=O) groups is 1. The molecular weight excluding hydrogens is 188 g/mol. The van der Waals surface area contributed by atoms with Crippen molar-refractivity contribution < 1.29 is 4.79 Å². The van der Waals surface area contributed by atoms with E-state index < -0.39 is 0 Å². The molecule has 0 aliphatic rings. The number of hydrogen-bond donors (Lipinski definition) is 2. The monoisotopic (exact) mass is 214 g/mol. The summed E-state index contributed by atoms with van der Waals surface area (Å²) >= 11 is 0. The molecule has 0 fully saturated rings. The molecule has 0 spiro atoms. The summed E-state index contributed by atoms with van der Waals surface area (Å²) in [5.74, 6) is 0.718. The zero-order valence-electron chi connectivity index (χ0n) is 10.8. The van der Waals surface area contributed by atoms with Gasteiger partial charge in [-0.1, -0.05) is 34.1 Å². The number of carbonyl (C=O) groups excluding carboxylic acids is 1. The number of rotatable bonds is 6. The highest BCUT2D eigenvalue weighted by atomic mass is 16.2.